The predicted octanol–water partition coefficient (Wildman–Crippen LogP) is 5.56. The summed E-state index contributed by atoms with van der Waals surface area (Å²) in [4.78, 5) is 18.3. The zero-order valence-electron chi connectivity index (χ0n) is 24.9. The first-order chi connectivity index (χ1) is 16.3. The van der Waals surface area contributed by atoms with Gasteiger partial charge < -0.3 is 15.5 Å². The lowest BCUT2D eigenvalue weighted by Crippen LogP contribution is -2.75. The number of likely N-dealkylation sites (N-methyl/N-ethyl adjacent to an activating group) is 1. The lowest BCUT2D eigenvalue weighted by Gasteiger charge is -2.68. The van der Waals surface area contributed by atoms with E-state index < -0.39 is 5.54 Å². The van der Waals surface area contributed by atoms with Gasteiger partial charge in [0.05, 0.1) is 0 Å². The fraction of sp³-hybridized carbons (Fsp3) is 0.759. The van der Waals surface area contributed by atoms with Gasteiger partial charge in [0, 0.05) is 40.1 Å². The maximum atomic E-state index is 7.37. The Kier molecular flexibility index (Phi) is 8.93. The molecule has 36 heavy (non-hydrogen) atoms. The van der Waals surface area contributed by atoms with Crippen LogP contribution in [0.3, 0.4) is 0 Å². The fourth-order valence-electron chi connectivity index (χ4n) is 8.06. The molecular formula is C29H53N6P. The molecule has 0 amide bonds. The third-order valence-electron chi connectivity index (χ3n) is 8.55. The van der Waals surface area contributed by atoms with Crippen LogP contribution in [-0.2, 0) is 0 Å². The maximum absolute atomic E-state index is 7.37. The van der Waals surface area contributed by atoms with Crippen molar-refractivity contribution < 1.29 is 0 Å². The van der Waals surface area contributed by atoms with E-state index in [4.69, 9.17) is 10.7 Å². The van der Waals surface area contributed by atoms with E-state index >= 15 is 0 Å². The highest BCUT2D eigenvalue weighted by Gasteiger charge is 2.64. The first-order valence-corrected chi connectivity index (χ1v) is 13.8. The normalized spacial score (nSPS) is 30.8. The Morgan fingerprint density at radius 2 is 1.58 bits per heavy atom. The SMILES string of the molecule is C=C1/C=C\C=N/C/N=C\N=C/1N1C(C)(C)CC(C)(C)C(P)(C(C)(N)CN(C)CC)C(C)(C)CC1(C)C. The molecule has 0 aromatic heterocycles. The summed E-state index contributed by atoms with van der Waals surface area (Å²) in [6.45, 7) is 30.0. The van der Waals surface area contributed by atoms with E-state index in [0.717, 1.165) is 37.3 Å². The lowest BCUT2D eigenvalue weighted by molar-refractivity contribution is -0.0699. The number of allylic oxidation sites excluding steroid dienone is 1. The van der Waals surface area contributed by atoms with E-state index in [2.05, 4.69) is 112 Å². The van der Waals surface area contributed by atoms with Crippen LogP contribution < -0.4 is 5.73 Å². The minimum atomic E-state index is -0.435. The van der Waals surface area contributed by atoms with Crippen LogP contribution in [0.2, 0.25) is 0 Å². The molecule has 204 valence electrons. The number of nitrogens with zero attached hydrogens (tertiary/aromatic N) is 5. The van der Waals surface area contributed by atoms with Gasteiger partial charge in [-0.25, -0.2) is 4.99 Å². The number of hydrogen-bond donors (Lipinski definition) is 1. The highest BCUT2D eigenvalue weighted by Crippen LogP contribution is 2.63. The summed E-state index contributed by atoms with van der Waals surface area (Å²) in [6, 6.07) is 0. The molecule has 0 aromatic carbocycles. The van der Waals surface area contributed by atoms with Gasteiger partial charge in [0.15, 0.2) is 0 Å². The lowest BCUT2D eigenvalue weighted by atomic mass is 9.50. The van der Waals surface area contributed by atoms with Crippen molar-refractivity contribution in [3.8, 4) is 0 Å². The van der Waals surface area contributed by atoms with Gasteiger partial charge in [-0.2, -0.15) is 0 Å². The van der Waals surface area contributed by atoms with Gasteiger partial charge in [0.25, 0.3) is 0 Å². The summed E-state index contributed by atoms with van der Waals surface area (Å²) in [5.41, 5.74) is 7.08. The Balaban J connectivity index is 2.75. The molecule has 2 aliphatic rings. The van der Waals surface area contributed by atoms with E-state index in [-0.39, 0.29) is 27.1 Å². The maximum Gasteiger partial charge on any atom is 0.137 e. The van der Waals surface area contributed by atoms with Gasteiger partial charge in [-0.1, -0.05) is 47.3 Å². The molecule has 2 aliphatic heterocycles. The Morgan fingerprint density at radius 1 is 1.06 bits per heavy atom. The molecule has 0 radical (unpaired) electrons. The Hall–Kier alpha value is -1.36. The molecular weight excluding hydrogens is 463 g/mol. The van der Waals surface area contributed by atoms with E-state index in [0.29, 0.717) is 6.67 Å². The summed E-state index contributed by atoms with van der Waals surface area (Å²) < 4.78 is 0. The number of rotatable bonds is 4. The van der Waals surface area contributed by atoms with Crippen LogP contribution in [0, 0.1) is 10.8 Å². The zero-order valence-corrected chi connectivity index (χ0v) is 26.1. The van der Waals surface area contributed by atoms with Crippen molar-refractivity contribution in [2.24, 2.45) is 31.5 Å². The second-order valence-electron chi connectivity index (χ2n) is 13.7. The number of nitrogens with two attached hydrogens (primary N) is 1. The Labute approximate surface area is 223 Å². The minimum absolute atomic E-state index is 0.119. The molecule has 6 nitrogen and oxygen atoms in total. The summed E-state index contributed by atoms with van der Waals surface area (Å²) in [5.74, 6) is 0.865. The Morgan fingerprint density at radius 3 is 2.08 bits per heavy atom. The number of likely N-dealkylation sites (tertiary alicyclic amines) is 1. The van der Waals surface area contributed by atoms with E-state index in [1.165, 1.54) is 0 Å². The van der Waals surface area contributed by atoms with Crippen LogP contribution in [0.5, 0.6) is 0 Å². The van der Waals surface area contributed by atoms with Crippen LogP contribution >= 0.6 is 9.24 Å². The van der Waals surface area contributed by atoms with Gasteiger partial charge >= 0.3 is 0 Å². The van der Waals surface area contributed by atoms with Crippen molar-refractivity contribution in [2.45, 2.75) is 104 Å². The molecule has 0 aliphatic carbocycles. The fourth-order valence-corrected chi connectivity index (χ4v) is 8.35. The second kappa shape index (κ2) is 10.4. The molecule has 2 atom stereocenters. The quantitative estimate of drug-likeness (QED) is 0.498. The highest BCUT2D eigenvalue weighted by molar-refractivity contribution is 7.19. The monoisotopic (exact) mass is 516 g/mol. The third kappa shape index (κ3) is 5.71. The predicted molar refractivity (Wildman–Crippen MR) is 163 cm³/mol. The average molecular weight is 517 g/mol. The third-order valence-corrected chi connectivity index (χ3v) is 10.8. The molecule has 2 heterocycles. The van der Waals surface area contributed by atoms with Crippen molar-refractivity contribution in [1.82, 2.24) is 9.80 Å². The number of amidine groups is 1. The molecule has 2 unspecified atom stereocenters. The molecule has 0 aromatic rings. The van der Waals surface area contributed by atoms with Gasteiger partial charge in [-0.15, -0.1) is 9.24 Å². The molecule has 0 bridgehead atoms. The molecule has 1 saturated heterocycles. The first kappa shape index (κ1) is 30.9. The van der Waals surface area contributed by atoms with Crippen molar-refractivity contribution in [1.29, 1.82) is 0 Å². The van der Waals surface area contributed by atoms with Crippen molar-refractivity contribution >= 4 is 27.6 Å². The molecule has 1 fully saturated rings. The van der Waals surface area contributed by atoms with Crippen molar-refractivity contribution in [3.63, 3.8) is 0 Å². The van der Waals surface area contributed by atoms with Crippen LogP contribution in [0.4, 0.5) is 0 Å². The van der Waals surface area contributed by atoms with Crippen LogP contribution in [-0.4, -0.2) is 76.8 Å². The summed E-state index contributed by atoms with van der Waals surface area (Å²) in [7, 11) is 5.49. The standard InChI is InChI=1S/C29H53N6P/c1-13-34(12)19-28(11,30)29(36)24(3,4)17-26(7,8)35(27(9,10)18-25(29,5)6)23-22(2)15-14-16-31-20-32-21-33-23/h14-16,21H,2,13,17-20,30,36H2,1,3-12H3/b15-14-,31-16-,32-21-,33-23+. The first-order valence-electron chi connectivity index (χ1n) is 13.2. The summed E-state index contributed by atoms with van der Waals surface area (Å²) >= 11 is 0. The van der Waals surface area contributed by atoms with E-state index in [1.807, 2.05) is 12.2 Å². The van der Waals surface area contributed by atoms with Gasteiger partial charge in [0.1, 0.15) is 18.8 Å². The highest BCUT2D eigenvalue weighted by atomic mass is 31.0. The molecule has 0 saturated carbocycles. The zero-order chi connectivity index (χ0) is 27.8. The summed E-state index contributed by atoms with van der Waals surface area (Å²) in [6.07, 6.45) is 9.19. The molecule has 2 rings (SSSR count). The minimum Gasteiger partial charge on any atom is -0.346 e. The molecule has 2 N–H and O–H groups in total. The van der Waals surface area contributed by atoms with Crippen molar-refractivity contribution in [2.75, 3.05) is 26.8 Å². The van der Waals surface area contributed by atoms with Crippen LogP contribution in [0.1, 0.15) is 82.1 Å². The van der Waals surface area contributed by atoms with Gasteiger partial charge in [0.2, 0.25) is 0 Å². The van der Waals surface area contributed by atoms with E-state index in [9.17, 15) is 0 Å². The number of aliphatic imine (C=N–C) groups is 3. The van der Waals surface area contributed by atoms with Gasteiger partial charge in [-0.05, 0) is 78.0 Å². The smallest absolute Gasteiger partial charge is 0.137 e. The topological polar surface area (TPSA) is 69.6 Å². The number of hydrogen-bond acceptors (Lipinski definition) is 6. The van der Waals surface area contributed by atoms with Crippen LogP contribution in [0.25, 0.3) is 0 Å². The van der Waals surface area contributed by atoms with Crippen LogP contribution in [0.15, 0.2) is 39.3 Å². The Bertz CT molecular complexity index is 905. The molecule has 7 heteroatoms. The van der Waals surface area contributed by atoms with Crippen molar-refractivity contribution in [3.05, 3.63) is 24.3 Å². The average Bonchev–Trinajstić information content (AvgIpc) is 2.70. The second-order valence-corrected chi connectivity index (χ2v) is 14.6. The van der Waals surface area contributed by atoms with E-state index in [1.54, 1.807) is 12.6 Å². The largest absolute Gasteiger partial charge is 0.346 e. The van der Waals surface area contributed by atoms with Gasteiger partial charge in [-0.3, -0.25) is 9.98 Å². The molecule has 0 spiro atoms. The summed E-state index contributed by atoms with van der Waals surface area (Å²) in [5, 5.41) is -0.246.